The van der Waals surface area contributed by atoms with Gasteiger partial charge in [0, 0.05) is 6.07 Å². The number of rotatable bonds is 3. The van der Waals surface area contributed by atoms with Crippen LogP contribution in [-0.2, 0) is 0 Å². The van der Waals surface area contributed by atoms with Crippen molar-refractivity contribution < 1.29 is 14.1 Å². The highest BCUT2D eigenvalue weighted by Crippen LogP contribution is 2.40. The van der Waals surface area contributed by atoms with Crippen molar-refractivity contribution >= 4 is 23.2 Å². The van der Waals surface area contributed by atoms with Crippen molar-refractivity contribution in [1.29, 1.82) is 0 Å². The number of nitro groups is 1. The average molecular weight is 269 g/mol. The van der Waals surface area contributed by atoms with Crippen LogP contribution in [0.15, 0.2) is 18.2 Å². The van der Waals surface area contributed by atoms with Gasteiger partial charge in [-0.3, -0.25) is 14.9 Å². The molecule has 1 aliphatic rings. The van der Waals surface area contributed by atoms with E-state index in [0.717, 1.165) is 18.2 Å². The number of hydrogen-bond donors (Lipinski definition) is 0. The molecule has 0 amide bonds. The molecular formula is C12H12FNO3S. The molecule has 1 fully saturated rings. The third-order valence-corrected chi connectivity index (χ3v) is 4.63. The van der Waals surface area contributed by atoms with Crippen LogP contribution in [0.2, 0.25) is 0 Å². The quantitative estimate of drug-likeness (QED) is 0.480. The molecule has 0 aliphatic carbocycles. The van der Waals surface area contributed by atoms with Crippen molar-refractivity contribution in [2.75, 3.05) is 5.75 Å². The molecule has 96 valence electrons. The van der Waals surface area contributed by atoms with E-state index >= 15 is 0 Å². The Morgan fingerprint density at radius 3 is 2.78 bits per heavy atom. The van der Waals surface area contributed by atoms with E-state index in [1.54, 1.807) is 6.92 Å². The molecule has 4 nitrogen and oxygen atoms in total. The predicted octanol–water partition coefficient (Wildman–Crippen LogP) is 3.20. The van der Waals surface area contributed by atoms with Crippen molar-refractivity contribution in [3.63, 3.8) is 0 Å². The fourth-order valence-electron chi connectivity index (χ4n) is 2.04. The molecule has 1 aliphatic heterocycles. The molecule has 0 saturated carbocycles. The Morgan fingerprint density at radius 2 is 2.28 bits per heavy atom. The number of nitro benzene ring substituents is 1. The standard InChI is InChI=1S/C12H12FNO3S/c1-12(5-2-6-18-12)11(15)9-4-3-8(14(16)17)7-10(9)13/h3-4,7H,2,5-6H2,1H3. The van der Waals surface area contributed by atoms with E-state index in [2.05, 4.69) is 0 Å². The molecule has 1 aromatic rings. The Kier molecular flexibility index (Phi) is 3.38. The number of carbonyl (C=O) groups is 1. The second-order valence-corrected chi connectivity index (χ2v) is 6.03. The lowest BCUT2D eigenvalue weighted by molar-refractivity contribution is -0.385. The second-order valence-electron chi connectivity index (χ2n) is 4.43. The summed E-state index contributed by atoms with van der Waals surface area (Å²) in [5.41, 5.74) is -0.397. The minimum Gasteiger partial charge on any atom is -0.293 e. The molecule has 0 spiro atoms. The summed E-state index contributed by atoms with van der Waals surface area (Å²) in [6.45, 7) is 1.80. The fraction of sp³-hybridized carbons (Fsp3) is 0.417. The Labute approximate surface area is 108 Å². The van der Waals surface area contributed by atoms with Gasteiger partial charge in [-0.2, -0.15) is 0 Å². The molecule has 6 heteroatoms. The minimum atomic E-state index is -0.817. The average Bonchev–Trinajstić information content (AvgIpc) is 2.76. The van der Waals surface area contributed by atoms with Gasteiger partial charge in [-0.05, 0) is 31.6 Å². The van der Waals surface area contributed by atoms with E-state index in [0.29, 0.717) is 6.42 Å². The Morgan fingerprint density at radius 1 is 1.56 bits per heavy atom. The molecule has 1 atom stereocenters. The maximum absolute atomic E-state index is 13.7. The number of hydrogen-bond acceptors (Lipinski definition) is 4. The van der Waals surface area contributed by atoms with Crippen molar-refractivity contribution in [2.45, 2.75) is 24.5 Å². The summed E-state index contributed by atoms with van der Waals surface area (Å²) in [6.07, 6.45) is 1.65. The van der Waals surface area contributed by atoms with Gasteiger partial charge in [-0.25, -0.2) is 4.39 Å². The highest BCUT2D eigenvalue weighted by Gasteiger charge is 2.38. The zero-order chi connectivity index (χ0) is 13.3. The number of ketones is 1. The SMILES string of the molecule is CC1(C(=O)c2ccc([N+](=O)[O-])cc2F)CCCS1. The first-order valence-electron chi connectivity index (χ1n) is 5.57. The largest absolute Gasteiger partial charge is 0.293 e. The van der Waals surface area contributed by atoms with Crippen molar-refractivity contribution in [3.05, 3.63) is 39.7 Å². The lowest BCUT2D eigenvalue weighted by Gasteiger charge is -2.20. The second kappa shape index (κ2) is 4.68. The van der Waals surface area contributed by atoms with Gasteiger partial charge in [0.2, 0.25) is 0 Å². The van der Waals surface area contributed by atoms with Crippen LogP contribution in [0.4, 0.5) is 10.1 Å². The number of halogens is 1. The van der Waals surface area contributed by atoms with E-state index in [-0.39, 0.29) is 17.0 Å². The van der Waals surface area contributed by atoms with Gasteiger partial charge in [-0.15, -0.1) is 11.8 Å². The van der Waals surface area contributed by atoms with Crippen LogP contribution >= 0.6 is 11.8 Å². The lowest BCUT2D eigenvalue weighted by atomic mass is 9.94. The monoisotopic (exact) mass is 269 g/mol. The number of nitrogens with zero attached hydrogens (tertiary/aromatic N) is 1. The molecule has 0 bridgehead atoms. The lowest BCUT2D eigenvalue weighted by Crippen LogP contribution is -2.29. The summed E-state index contributed by atoms with van der Waals surface area (Å²) in [5.74, 6) is -0.211. The molecular weight excluding hydrogens is 257 g/mol. The highest BCUT2D eigenvalue weighted by atomic mass is 32.2. The highest BCUT2D eigenvalue weighted by molar-refractivity contribution is 8.01. The Hall–Kier alpha value is -1.43. The van der Waals surface area contributed by atoms with E-state index in [1.807, 2.05) is 0 Å². The first-order valence-corrected chi connectivity index (χ1v) is 6.55. The number of thioether (sulfide) groups is 1. The third kappa shape index (κ3) is 2.25. The Bertz CT molecular complexity index is 512. The van der Waals surface area contributed by atoms with Crippen molar-refractivity contribution in [2.24, 2.45) is 0 Å². The van der Waals surface area contributed by atoms with Crippen LogP contribution in [0, 0.1) is 15.9 Å². The van der Waals surface area contributed by atoms with Crippen LogP contribution in [0.25, 0.3) is 0 Å². The zero-order valence-corrected chi connectivity index (χ0v) is 10.6. The molecule has 18 heavy (non-hydrogen) atoms. The molecule has 1 unspecified atom stereocenters. The molecule has 0 radical (unpaired) electrons. The van der Waals surface area contributed by atoms with E-state index in [9.17, 15) is 19.3 Å². The van der Waals surface area contributed by atoms with E-state index < -0.39 is 15.5 Å². The van der Waals surface area contributed by atoms with Gasteiger partial charge in [0.1, 0.15) is 5.82 Å². The summed E-state index contributed by atoms with van der Waals surface area (Å²) in [5, 5.41) is 10.5. The summed E-state index contributed by atoms with van der Waals surface area (Å²) in [7, 11) is 0. The van der Waals surface area contributed by atoms with Gasteiger partial charge in [0.25, 0.3) is 5.69 Å². The molecule has 0 N–H and O–H groups in total. The number of benzene rings is 1. The van der Waals surface area contributed by atoms with Crippen LogP contribution < -0.4 is 0 Å². The van der Waals surface area contributed by atoms with E-state index in [1.165, 1.54) is 23.9 Å². The summed E-state index contributed by atoms with van der Waals surface area (Å²) in [6, 6.07) is 3.18. The molecule has 1 aromatic carbocycles. The summed E-state index contributed by atoms with van der Waals surface area (Å²) >= 11 is 1.52. The molecule has 1 saturated heterocycles. The van der Waals surface area contributed by atoms with E-state index in [4.69, 9.17) is 0 Å². The van der Waals surface area contributed by atoms with Crippen LogP contribution in [-0.4, -0.2) is 21.2 Å². The van der Waals surface area contributed by atoms with Gasteiger partial charge < -0.3 is 0 Å². The molecule has 2 rings (SSSR count). The predicted molar refractivity (Wildman–Crippen MR) is 67.5 cm³/mol. The number of Topliss-reactive ketones (excluding diaryl/α,β-unsaturated/α-hetero) is 1. The van der Waals surface area contributed by atoms with Gasteiger partial charge in [0.05, 0.1) is 21.3 Å². The summed E-state index contributed by atoms with van der Waals surface area (Å²) in [4.78, 5) is 22.1. The Balaban J connectivity index is 2.34. The van der Waals surface area contributed by atoms with Crippen LogP contribution in [0.3, 0.4) is 0 Å². The maximum atomic E-state index is 13.7. The first kappa shape index (κ1) is 13.0. The van der Waals surface area contributed by atoms with Crippen molar-refractivity contribution in [1.82, 2.24) is 0 Å². The van der Waals surface area contributed by atoms with Gasteiger partial charge in [0.15, 0.2) is 5.78 Å². The number of non-ortho nitro benzene ring substituents is 1. The fourth-order valence-corrected chi connectivity index (χ4v) is 3.31. The van der Waals surface area contributed by atoms with Crippen LogP contribution in [0.5, 0.6) is 0 Å². The number of carbonyl (C=O) groups excluding carboxylic acids is 1. The smallest absolute Gasteiger partial charge is 0.272 e. The zero-order valence-electron chi connectivity index (χ0n) is 9.81. The third-order valence-electron chi connectivity index (χ3n) is 3.11. The normalized spacial score (nSPS) is 23.0. The topological polar surface area (TPSA) is 60.2 Å². The maximum Gasteiger partial charge on any atom is 0.272 e. The first-order chi connectivity index (χ1) is 8.44. The van der Waals surface area contributed by atoms with Gasteiger partial charge in [-0.1, -0.05) is 0 Å². The minimum absolute atomic E-state index is 0.0579. The van der Waals surface area contributed by atoms with Gasteiger partial charge >= 0.3 is 0 Å². The van der Waals surface area contributed by atoms with Crippen molar-refractivity contribution in [3.8, 4) is 0 Å². The molecule has 0 aromatic heterocycles. The molecule has 1 heterocycles. The van der Waals surface area contributed by atoms with Crippen LogP contribution in [0.1, 0.15) is 30.1 Å². The summed E-state index contributed by atoms with van der Waals surface area (Å²) < 4.78 is 13.1.